The predicted molar refractivity (Wildman–Crippen MR) is 116 cm³/mol. The predicted octanol–water partition coefficient (Wildman–Crippen LogP) is 3.01. The van der Waals surface area contributed by atoms with E-state index in [1.807, 2.05) is 11.5 Å². The number of carbonyl (C=O) groups is 3. The number of nitrogens with one attached hydrogen (secondary N) is 1. The van der Waals surface area contributed by atoms with E-state index in [-0.39, 0.29) is 12.4 Å². The topological polar surface area (TPSA) is 126 Å². The van der Waals surface area contributed by atoms with Gasteiger partial charge in [-0.1, -0.05) is 11.8 Å². The summed E-state index contributed by atoms with van der Waals surface area (Å²) in [4.78, 5) is 35.7. The van der Waals surface area contributed by atoms with Gasteiger partial charge in [-0.15, -0.1) is 10.2 Å². The number of anilines is 1. The first-order valence-electron chi connectivity index (χ1n) is 9.84. The molecule has 2 aromatic heterocycles. The fraction of sp³-hybridized carbons (Fsp3) is 0.286. The third-order valence-corrected chi connectivity index (χ3v) is 5.08. The Hall–Kier alpha value is -3.60. The minimum Gasteiger partial charge on any atom is -0.462 e. The van der Waals surface area contributed by atoms with Gasteiger partial charge in [0.05, 0.1) is 24.2 Å². The third kappa shape index (κ3) is 5.97. The number of aromatic nitrogens is 3. The highest BCUT2D eigenvalue weighted by Crippen LogP contribution is 2.24. The molecule has 0 aliphatic rings. The number of rotatable bonds is 10. The molecule has 1 aromatic carbocycles. The first-order chi connectivity index (χ1) is 15.5. The Bertz CT molecular complexity index is 1060. The largest absolute Gasteiger partial charge is 0.462 e. The summed E-state index contributed by atoms with van der Waals surface area (Å²) in [6.07, 6.45) is 1.55. The SMILES string of the molecule is CCOC(=O)c1ccc(NC(=O)COC(=O)CSc2nnc(-c3ccco3)n2CC)cc1. The molecule has 0 atom stereocenters. The molecule has 0 unspecified atom stereocenters. The molecule has 3 aromatic rings. The Morgan fingerprint density at radius 3 is 2.53 bits per heavy atom. The van der Waals surface area contributed by atoms with Crippen molar-refractivity contribution < 1.29 is 28.3 Å². The van der Waals surface area contributed by atoms with Gasteiger partial charge < -0.3 is 19.2 Å². The highest BCUT2D eigenvalue weighted by atomic mass is 32.2. The molecular weight excluding hydrogens is 436 g/mol. The minimum atomic E-state index is -0.562. The van der Waals surface area contributed by atoms with E-state index in [1.54, 1.807) is 37.5 Å². The van der Waals surface area contributed by atoms with Gasteiger partial charge in [0.25, 0.3) is 5.91 Å². The van der Waals surface area contributed by atoms with E-state index in [4.69, 9.17) is 13.9 Å². The first kappa shape index (κ1) is 23.1. The van der Waals surface area contributed by atoms with Crippen molar-refractivity contribution in [2.24, 2.45) is 0 Å². The number of carbonyl (C=O) groups excluding carboxylic acids is 3. The van der Waals surface area contributed by atoms with Crippen LogP contribution in [0.3, 0.4) is 0 Å². The van der Waals surface area contributed by atoms with Gasteiger partial charge in [-0.3, -0.25) is 14.2 Å². The van der Waals surface area contributed by atoms with E-state index in [0.717, 1.165) is 11.8 Å². The standard InChI is InChI=1S/C21H22N4O6S/c1-3-25-19(16-6-5-11-30-16)23-24-21(25)32-13-18(27)31-12-17(26)22-15-9-7-14(8-10-15)20(28)29-4-2/h5-11H,3-4,12-13H2,1-2H3,(H,22,26). The molecule has 1 N–H and O–H groups in total. The lowest BCUT2D eigenvalue weighted by Crippen LogP contribution is -2.21. The van der Waals surface area contributed by atoms with Gasteiger partial charge in [-0.25, -0.2) is 4.79 Å². The molecule has 0 fully saturated rings. The number of benzene rings is 1. The Morgan fingerprint density at radius 2 is 1.88 bits per heavy atom. The zero-order chi connectivity index (χ0) is 22.9. The van der Waals surface area contributed by atoms with Crippen LogP contribution in [-0.4, -0.2) is 51.6 Å². The molecule has 32 heavy (non-hydrogen) atoms. The summed E-state index contributed by atoms with van der Waals surface area (Å²) in [6.45, 7) is 4.10. The lowest BCUT2D eigenvalue weighted by atomic mass is 10.2. The normalized spacial score (nSPS) is 10.6. The van der Waals surface area contributed by atoms with Crippen LogP contribution in [0.5, 0.6) is 0 Å². The van der Waals surface area contributed by atoms with Crippen LogP contribution in [0, 0.1) is 0 Å². The van der Waals surface area contributed by atoms with Crippen LogP contribution >= 0.6 is 11.8 Å². The van der Waals surface area contributed by atoms with Crippen LogP contribution in [0.2, 0.25) is 0 Å². The number of furan rings is 1. The maximum absolute atomic E-state index is 12.0. The summed E-state index contributed by atoms with van der Waals surface area (Å²) in [7, 11) is 0. The number of ether oxygens (including phenoxy) is 2. The van der Waals surface area contributed by atoms with Crippen molar-refractivity contribution in [1.82, 2.24) is 14.8 Å². The van der Waals surface area contributed by atoms with Gasteiger partial charge >= 0.3 is 11.9 Å². The molecular formula is C21H22N4O6S. The Balaban J connectivity index is 1.45. The van der Waals surface area contributed by atoms with E-state index in [0.29, 0.717) is 34.5 Å². The molecule has 2 heterocycles. The van der Waals surface area contributed by atoms with Crippen molar-refractivity contribution in [3.8, 4) is 11.6 Å². The average molecular weight is 458 g/mol. The van der Waals surface area contributed by atoms with Gasteiger partial charge in [0.2, 0.25) is 0 Å². The monoisotopic (exact) mass is 458 g/mol. The minimum absolute atomic E-state index is 0.0300. The second-order valence-corrected chi connectivity index (χ2v) is 7.27. The van der Waals surface area contributed by atoms with Crippen molar-refractivity contribution >= 4 is 35.3 Å². The molecule has 0 aliphatic heterocycles. The number of hydrogen-bond acceptors (Lipinski definition) is 9. The highest BCUT2D eigenvalue weighted by molar-refractivity contribution is 7.99. The van der Waals surface area contributed by atoms with E-state index >= 15 is 0 Å². The molecule has 1 amide bonds. The van der Waals surface area contributed by atoms with Crippen LogP contribution < -0.4 is 5.32 Å². The van der Waals surface area contributed by atoms with Crippen molar-refractivity contribution in [1.29, 1.82) is 0 Å². The van der Waals surface area contributed by atoms with Gasteiger partial charge in [-0.2, -0.15) is 0 Å². The zero-order valence-corrected chi connectivity index (χ0v) is 18.4. The Kier molecular flexibility index (Phi) is 8.03. The Labute approximate surface area is 188 Å². The summed E-state index contributed by atoms with van der Waals surface area (Å²) in [5.41, 5.74) is 0.846. The molecule has 0 saturated carbocycles. The molecule has 10 nitrogen and oxygen atoms in total. The van der Waals surface area contributed by atoms with Gasteiger partial charge in [0.1, 0.15) is 0 Å². The highest BCUT2D eigenvalue weighted by Gasteiger charge is 2.17. The Morgan fingerprint density at radius 1 is 1.09 bits per heavy atom. The van der Waals surface area contributed by atoms with Crippen LogP contribution in [-0.2, 0) is 25.6 Å². The molecule has 0 spiro atoms. The van der Waals surface area contributed by atoms with E-state index in [9.17, 15) is 14.4 Å². The number of hydrogen-bond donors (Lipinski definition) is 1. The number of thioether (sulfide) groups is 1. The number of amides is 1. The lowest BCUT2D eigenvalue weighted by Gasteiger charge is -2.08. The fourth-order valence-electron chi connectivity index (χ4n) is 2.68. The van der Waals surface area contributed by atoms with Crippen LogP contribution in [0.1, 0.15) is 24.2 Å². The number of esters is 2. The maximum Gasteiger partial charge on any atom is 0.338 e. The van der Waals surface area contributed by atoms with E-state index < -0.39 is 24.5 Å². The summed E-state index contributed by atoms with van der Waals surface area (Å²) in [6, 6.07) is 9.75. The van der Waals surface area contributed by atoms with Gasteiger partial charge in [0.15, 0.2) is 23.3 Å². The fourth-order valence-corrected chi connectivity index (χ4v) is 3.48. The van der Waals surface area contributed by atoms with Crippen molar-refractivity contribution in [3.63, 3.8) is 0 Å². The second-order valence-electron chi connectivity index (χ2n) is 6.32. The lowest BCUT2D eigenvalue weighted by molar-refractivity contribution is -0.144. The first-order valence-corrected chi connectivity index (χ1v) is 10.8. The number of nitrogens with zero attached hydrogens (tertiary/aromatic N) is 3. The maximum atomic E-state index is 12.0. The van der Waals surface area contributed by atoms with Crippen LogP contribution in [0.15, 0.2) is 52.2 Å². The quantitative estimate of drug-likeness (QED) is 0.360. The third-order valence-electron chi connectivity index (χ3n) is 4.14. The summed E-state index contributed by atoms with van der Waals surface area (Å²) < 4.78 is 17.1. The van der Waals surface area contributed by atoms with Gasteiger partial charge in [-0.05, 0) is 50.2 Å². The molecule has 168 valence electrons. The van der Waals surface area contributed by atoms with E-state index in [1.165, 1.54) is 12.1 Å². The summed E-state index contributed by atoms with van der Waals surface area (Å²) >= 11 is 1.16. The second kappa shape index (κ2) is 11.1. The molecule has 3 rings (SSSR count). The molecule has 0 saturated heterocycles. The van der Waals surface area contributed by atoms with Crippen LogP contribution in [0.4, 0.5) is 5.69 Å². The molecule has 0 bridgehead atoms. The molecule has 0 radical (unpaired) electrons. The summed E-state index contributed by atoms with van der Waals surface area (Å²) in [5.74, 6) is -0.371. The summed E-state index contributed by atoms with van der Waals surface area (Å²) in [5, 5.41) is 11.3. The average Bonchev–Trinajstić information content (AvgIpc) is 3.46. The van der Waals surface area contributed by atoms with E-state index in [2.05, 4.69) is 15.5 Å². The van der Waals surface area contributed by atoms with Crippen LogP contribution in [0.25, 0.3) is 11.6 Å². The molecule has 0 aliphatic carbocycles. The molecule has 11 heteroatoms. The van der Waals surface area contributed by atoms with Gasteiger partial charge in [0, 0.05) is 12.2 Å². The van der Waals surface area contributed by atoms with Crippen molar-refractivity contribution in [2.75, 3.05) is 24.3 Å². The van der Waals surface area contributed by atoms with Crippen molar-refractivity contribution in [2.45, 2.75) is 25.5 Å². The zero-order valence-electron chi connectivity index (χ0n) is 17.6. The van der Waals surface area contributed by atoms with Crippen molar-refractivity contribution in [3.05, 3.63) is 48.2 Å². The smallest absolute Gasteiger partial charge is 0.338 e.